The summed E-state index contributed by atoms with van der Waals surface area (Å²) in [7, 11) is 0. The van der Waals surface area contributed by atoms with Gasteiger partial charge in [-0.25, -0.2) is 4.79 Å². The van der Waals surface area contributed by atoms with E-state index in [1.165, 1.54) is 0 Å². The minimum Gasteiger partial charge on any atom is -0.508 e. The summed E-state index contributed by atoms with van der Waals surface area (Å²) in [5.74, 6) is 0.209. The Morgan fingerprint density at radius 2 is 1.94 bits per heavy atom. The third-order valence-electron chi connectivity index (χ3n) is 2.89. The molecular weight excluding hydrogens is 218 g/mol. The number of benzene rings is 1. The molecule has 1 heterocycles. The van der Waals surface area contributed by atoms with Gasteiger partial charge < -0.3 is 15.7 Å². The molecule has 17 heavy (non-hydrogen) atoms. The summed E-state index contributed by atoms with van der Waals surface area (Å²) < 4.78 is 0. The van der Waals surface area contributed by atoms with Crippen molar-refractivity contribution in [3.8, 4) is 5.75 Å². The Morgan fingerprint density at radius 3 is 2.59 bits per heavy atom. The largest absolute Gasteiger partial charge is 0.508 e. The SMILES string of the molecule is NCCCN1CCN(c2ccc(O)cc2)C1=O. The van der Waals surface area contributed by atoms with Crippen molar-refractivity contribution < 1.29 is 9.90 Å². The normalized spacial score (nSPS) is 15.7. The van der Waals surface area contributed by atoms with Crippen molar-refractivity contribution in [3.63, 3.8) is 0 Å². The zero-order chi connectivity index (χ0) is 12.3. The lowest BCUT2D eigenvalue weighted by molar-refractivity contribution is 0.220. The predicted molar refractivity (Wildman–Crippen MR) is 66.1 cm³/mol. The van der Waals surface area contributed by atoms with E-state index in [-0.39, 0.29) is 11.8 Å². The molecular formula is C12H17N3O2. The van der Waals surface area contributed by atoms with Crippen LogP contribution in [0.5, 0.6) is 5.75 Å². The summed E-state index contributed by atoms with van der Waals surface area (Å²) in [6, 6.07) is 6.69. The van der Waals surface area contributed by atoms with Crippen molar-refractivity contribution >= 4 is 11.7 Å². The van der Waals surface area contributed by atoms with Gasteiger partial charge in [0.2, 0.25) is 0 Å². The van der Waals surface area contributed by atoms with Gasteiger partial charge in [-0.05, 0) is 37.2 Å². The van der Waals surface area contributed by atoms with Gasteiger partial charge in [-0.15, -0.1) is 0 Å². The number of phenolic OH excluding ortho intramolecular Hbond substituents is 1. The fourth-order valence-electron chi connectivity index (χ4n) is 1.94. The summed E-state index contributed by atoms with van der Waals surface area (Å²) in [4.78, 5) is 15.6. The second-order valence-corrected chi connectivity index (χ2v) is 4.08. The summed E-state index contributed by atoms with van der Waals surface area (Å²) in [6.45, 7) is 2.74. The maximum absolute atomic E-state index is 12.0. The molecule has 3 N–H and O–H groups in total. The fraction of sp³-hybridized carbons (Fsp3) is 0.417. The van der Waals surface area contributed by atoms with E-state index in [0.29, 0.717) is 19.6 Å². The molecule has 2 rings (SSSR count). The maximum Gasteiger partial charge on any atom is 0.324 e. The van der Waals surface area contributed by atoms with E-state index >= 15 is 0 Å². The molecule has 0 saturated carbocycles. The second kappa shape index (κ2) is 5.05. The summed E-state index contributed by atoms with van der Waals surface area (Å²) >= 11 is 0. The molecule has 1 aromatic rings. The van der Waals surface area contributed by atoms with Gasteiger partial charge in [-0.3, -0.25) is 4.90 Å². The molecule has 0 atom stereocenters. The number of aromatic hydroxyl groups is 1. The number of nitrogens with zero attached hydrogens (tertiary/aromatic N) is 2. The standard InChI is InChI=1S/C12H17N3O2/c13-6-1-7-14-8-9-15(12(14)17)10-2-4-11(16)5-3-10/h2-5,16H,1,6-9,13H2. The van der Waals surface area contributed by atoms with Gasteiger partial charge in [0.15, 0.2) is 0 Å². The quantitative estimate of drug-likeness (QED) is 0.817. The van der Waals surface area contributed by atoms with E-state index in [4.69, 9.17) is 5.73 Å². The number of nitrogens with two attached hydrogens (primary N) is 1. The molecule has 5 heteroatoms. The number of amides is 2. The number of carbonyl (C=O) groups is 1. The molecule has 0 spiro atoms. The Hall–Kier alpha value is -1.75. The van der Waals surface area contributed by atoms with Crippen LogP contribution < -0.4 is 10.6 Å². The number of rotatable bonds is 4. The van der Waals surface area contributed by atoms with Gasteiger partial charge in [-0.2, -0.15) is 0 Å². The van der Waals surface area contributed by atoms with Crippen LogP contribution in [-0.2, 0) is 0 Å². The van der Waals surface area contributed by atoms with E-state index in [9.17, 15) is 9.90 Å². The van der Waals surface area contributed by atoms with E-state index < -0.39 is 0 Å². The average molecular weight is 235 g/mol. The first kappa shape index (κ1) is 11.7. The van der Waals surface area contributed by atoms with Crippen LogP contribution in [-0.4, -0.2) is 42.2 Å². The molecule has 0 aromatic heterocycles. The highest BCUT2D eigenvalue weighted by Crippen LogP contribution is 2.22. The van der Waals surface area contributed by atoms with Crippen LogP contribution in [0.2, 0.25) is 0 Å². The Labute approximate surface area is 100 Å². The maximum atomic E-state index is 12.0. The Balaban J connectivity index is 2.04. The van der Waals surface area contributed by atoms with Crippen molar-refractivity contribution in [3.05, 3.63) is 24.3 Å². The minimum atomic E-state index is 0.0177. The highest BCUT2D eigenvalue weighted by Gasteiger charge is 2.28. The Morgan fingerprint density at radius 1 is 1.24 bits per heavy atom. The molecule has 1 aliphatic heterocycles. The lowest BCUT2D eigenvalue weighted by atomic mass is 10.3. The van der Waals surface area contributed by atoms with Crippen molar-refractivity contribution in [2.24, 2.45) is 5.73 Å². The number of phenols is 1. The average Bonchev–Trinajstić information content (AvgIpc) is 2.69. The molecule has 1 aliphatic rings. The van der Waals surface area contributed by atoms with Gasteiger partial charge in [0.05, 0.1) is 0 Å². The number of anilines is 1. The molecule has 1 aromatic carbocycles. The smallest absolute Gasteiger partial charge is 0.324 e. The van der Waals surface area contributed by atoms with Crippen molar-refractivity contribution in [1.29, 1.82) is 0 Å². The predicted octanol–water partition coefficient (Wildman–Crippen LogP) is 0.983. The van der Waals surface area contributed by atoms with Crippen molar-refractivity contribution in [2.75, 3.05) is 31.1 Å². The molecule has 1 fully saturated rings. The second-order valence-electron chi connectivity index (χ2n) is 4.08. The highest BCUT2D eigenvalue weighted by atomic mass is 16.3. The first-order valence-corrected chi connectivity index (χ1v) is 5.78. The summed E-state index contributed by atoms with van der Waals surface area (Å²) in [6.07, 6.45) is 0.829. The van der Waals surface area contributed by atoms with Gasteiger partial charge >= 0.3 is 6.03 Å². The van der Waals surface area contributed by atoms with Crippen LogP contribution in [0.4, 0.5) is 10.5 Å². The monoisotopic (exact) mass is 235 g/mol. The lowest BCUT2D eigenvalue weighted by Crippen LogP contribution is -2.33. The molecule has 1 saturated heterocycles. The number of hydrogen-bond acceptors (Lipinski definition) is 3. The van der Waals surface area contributed by atoms with Crippen LogP contribution in [0.3, 0.4) is 0 Å². The van der Waals surface area contributed by atoms with E-state index in [1.54, 1.807) is 34.1 Å². The molecule has 0 radical (unpaired) electrons. The van der Waals surface area contributed by atoms with Crippen molar-refractivity contribution in [1.82, 2.24) is 4.90 Å². The van der Waals surface area contributed by atoms with Crippen LogP contribution in [0, 0.1) is 0 Å². The fourth-order valence-corrected chi connectivity index (χ4v) is 1.94. The summed E-state index contributed by atoms with van der Waals surface area (Å²) in [5, 5.41) is 9.21. The molecule has 0 aliphatic carbocycles. The third kappa shape index (κ3) is 2.50. The molecule has 0 bridgehead atoms. The Bertz CT molecular complexity index is 391. The third-order valence-corrected chi connectivity index (χ3v) is 2.89. The molecule has 0 unspecified atom stereocenters. The van der Waals surface area contributed by atoms with Crippen molar-refractivity contribution in [2.45, 2.75) is 6.42 Å². The van der Waals surface area contributed by atoms with Crippen LogP contribution in [0.25, 0.3) is 0 Å². The molecule has 92 valence electrons. The summed E-state index contributed by atoms with van der Waals surface area (Å²) in [5.41, 5.74) is 6.26. The zero-order valence-electron chi connectivity index (χ0n) is 9.67. The number of hydrogen-bond donors (Lipinski definition) is 2. The topological polar surface area (TPSA) is 69.8 Å². The molecule has 2 amide bonds. The molecule has 5 nitrogen and oxygen atoms in total. The first-order chi connectivity index (χ1) is 8.22. The Kier molecular flexibility index (Phi) is 3.49. The zero-order valence-corrected chi connectivity index (χ0v) is 9.67. The van der Waals surface area contributed by atoms with E-state index in [0.717, 1.165) is 18.7 Å². The van der Waals surface area contributed by atoms with Crippen LogP contribution >= 0.6 is 0 Å². The van der Waals surface area contributed by atoms with Gasteiger partial charge in [0.1, 0.15) is 5.75 Å². The van der Waals surface area contributed by atoms with Gasteiger partial charge in [0.25, 0.3) is 0 Å². The highest BCUT2D eigenvalue weighted by molar-refractivity contribution is 5.94. The van der Waals surface area contributed by atoms with E-state index in [2.05, 4.69) is 0 Å². The van der Waals surface area contributed by atoms with Crippen LogP contribution in [0.1, 0.15) is 6.42 Å². The van der Waals surface area contributed by atoms with Gasteiger partial charge in [-0.1, -0.05) is 0 Å². The lowest BCUT2D eigenvalue weighted by Gasteiger charge is -2.18. The first-order valence-electron chi connectivity index (χ1n) is 5.78. The number of carbonyl (C=O) groups excluding carboxylic acids is 1. The minimum absolute atomic E-state index is 0.0177. The van der Waals surface area contributed by atoms with E-state index in [1.807, 2.05) is 0 Å². The van der Waals surface area contributed by atoms with Gasteiger partial charge in [0, 0.05) is 25.3 Å². The van der Waals surface area contributed by atoms with Crippen LogP contribution in [0.15, 0.2) is 24.3 Å². The number of urea groups is 1.